The van der Waals surface area contributed by atoms with E-state index in [2.05, 4.69) is 27.8 Å². The van der Waals surface area contributed by atoms with Crippen LogP contribution >= 0.6 is 11.3 Å². The molecule has 2 N–H and O–H groups in total. The van der Waals surface area contributed by atoms with Gasteiger partial charge in [-0.2, -0.15) is 0 Å². The lowest BCUT2D eigenvalue weighted by molar-refractivity contribution is -0.119. The summed E-state index contributed by atoms with van der Waals surface area (Å²) in [6.45, 7) is 0.570. The zero-order chi connectivity index (χ0) is 13.9. The number of thiophene rings is 1. The van der Waals surface area contributed by atoms with Crippen molar-refractivity contribution >= 4 is 27.2 Å². The van der Waals surface area contributed by atoms with Gasteiger partial charge in [0.2, 0.25) is 0 Å². The summed E-state index contributed by atoms with van der Waals surface area (Å²) in [6.07, 6.45) is 2.13. The average Bonchev–Trinajstić information content (AvgIpc) is 3.06. The maximum atomic E-state index is 12.1. The number of fused-ring (bicyclic) bond motifs is 1. The maximum Gasteiger partial charge on any atom is 0.158 e. The van der Waals surface area contributed by atoms with E-state index in [1.165, 1.54) is 4.70 Å². The summed E-state index contributed by atoms with van der Waals surface area (Å²) in [4.78, 5) is 12.1. The van der Waals surface area contributed by atoms with Gasteiger partial charge in [0.1, 0.15) is 6.54 Å². The highest BCUT2D eigenvalue weighted by molar-refractivity contribution is 7.17. The van der Waals surface area contributed by atoms with Crippen molar-refractivity contribution in [1.29, 1.82) is 0 Å². The molecule has 0 saturated carbocycles. The summed E-state index contributed by atoms with van der Waals surface area (Å²) in [6, 6.07) is 8.12. The van der Waals surface area contributed by atoms with Crippen molar-refractivity contribution in [2.45, 2.75) is 19.5 Å². The molecule has 2 aromatic heterocycles. The number of carbonyl (C=O) groups excluding carboxylic acids is 1. The van der Waals surface area contributed by atoms with E-state index in [1.807, 2.05) is 12.1 Å². The van der Waals surface area contributed by atoms with Crippen molar-refractivity contribution in [2.24, 2.45) is 5.73 Å². The van der Waals surface area contributed by atoms with Gasteiger partial charge in [-0.25, -0.2) is 4.68 Å². The molecule has 6 heteroatoms. The fourth-order valence-electron chi connectivity index (χ4n) is 2.13. The number of aromatic nitrogens is 3. The summed E-state index contributed by atoms with van der Waals surface area (Å²) in [7, 11) is 0. The number of hydrogen-bond donors (Lipinski definition) is 1. The van der Waals surface area contributed by atoms with Gasteiger partial charge >= 0.3 is 0 Å². The molecular weight excluding hydrogens is 272 g/mol. The Kier molecular flexibility index (Phi) is 3.58. The second-order valence-corrected chi connectivity index (χ2v) is 5.50. The van der Waals surface area contributed by atoms with E-state index in [-0.39, 0.29) is 12.3 Å². The highest BCUT2D eigenvalue weighted by atomic mass is 32.1. The highest BCUT2D eigenvalue weighted by Crippen LogP contribution is 2.26. The molecule has 0 bridgehead atoms. The van der Waals surface area contributed by atoms with Crippen LogP contribution in [0.5, 0.6) is 0 Å². The summed E-state index contributed by atoms with van der Waals surface area (Å²) in [5, 5.41) is 11.0. The first-order valence-corrected chi connectivity index (χ1v) is 7.20. The van der Waals surface area contributed by atoms with Gasteiger partial charge in [-0.1, -0.05) is 23.4 Å². The molecule has 0 aliphatic heterocycles. The SMILES string of the molecule is NCc1cn(CC(=O)Cc2csc3ccccc23)nn1. The number of benzene rings is 1. The zero-order valence-electron chi connectivity index (χ0n) is 10.8. The Balaban J connectivity index is 1.72. The molecule has 3 rings (SSSR count). The molecule has 1 aromatic carbocycles. The first-order chi connectivity index (χ1) is 9.76. The molecular formula is C14H14N4OS. The van der Waals surface area contributed by atoms with Crippen molar-refractivity contribution in [3.8, 4) is 0 Å². The van der Waals surface area contributed by atoms with Gasteiger partial charge in [0.05, 0.1) is 11.9 Å². The molecule has 0 aliphatic carbocycles. The normalized spacial score (nSPS) is 11.1. The van der Waals surface area contributed by atoms with Gasteiger partial charge in [-0.15, -0.1) is 16.4 Å². The minimum absolute atomic E-state index is 0.113. The van der Waals surface area contributed by atoms with Crippen molar-refractivity contribution in [1.82, 2.24) is 15.0 Å². The lowest BCUT2D eigenvalue weighted by Crippen LogP contribution is -2.13. The quantitative estimate of drug-likeness (QED) is 0.775. The van der Waals surface area contributed by atoms with E-state index >= 15 is 0 Å². The second kappa shape index (κ2) is 5.52. The molecule has 0 amide bonds. The number of nitrogens with two attached hydrogens (primary N) is 1. The van der Waals surface area contributed by atoms with Crippen LogP contribution < -0.4 is 5.73 Å². The third-order valence-corrected chi connectivity index (χ3v) is 4.09. The lowest BCUT2D eigenvalue weighted by Gasteiger charge is -2.00. The molecule has 102 valence electrons. The Morgan fingerprint density at radius 1 is 1.35 bits per heavy atom. The third-order valence-electron chi connectivity index (χ3n) is 3.08. The van der Waals surface area contributed by atoms with Crippen LogP contribution in [0.4, 0.5) is 0 Å². The molecule has 0 spiro atoms. The highest BCUT2D eigenvalue weighted by Gasteiger charge is 2.10. The minimum atomic E-state index is 0.113. The Labute approximate surface area is 120 Å². The monoisotopic (exact) mass is 286 g/mol. The van der Waals surface area contributed by atoms with Gasteiger partial charge in [0.15, 0.2) is 5.78 Å². The van der Waals surface area contributed by atoms with Gasteiger partial charge in [0, 0.05) is 17.7 Å². The Morgan fingerprint density at radius 2 is 2.20 bits per heavy atom. The predicted molar refractivity (Wildman–Crippen MR) is 78.4 cm³/mol. The minimum Gasteiger partial charge on any atom is -0.325 e. The molecule has 0 saturated heterocycles. The molecule has 3 aromatic rings. The van der Waals surface area contributed by atoms with Crippen LogP contribution in [0.25, 0.3) is 10.1 Å². The molecule has 0 atom stereocenters. The number of ketones is 1. The Morgan fingerprint density at radius 3 is 3.00 bits per heavy atom. The van der Waals surface area contributed by atoms with Crippen LogP contribution in [0.1, 0.15) is 11.3 Å². The van der Waals surface area contributed by atoms with Crippen molar-refractivity contribution in [2.75, 3.05) is 0 Å². The standard InChI is InChI=1S/C14H14N4OS/c15-6-11-7-18(17-16-11)8-12(19)5-10-9-20-14-4-2-1-3-13(10)14/h1-4,7,9H,5-6,8,15H2. The van der Waals surface area contributed by atoms with E-state index in [1.54, 1.807) is 22.2 Å². The van der Waals surface area contributed by atoms with E-state index < -0.39 is 0 Å². The number of nitrogens with zero attached hydrogens (tertiary/aromatic N) is 3. The second-order valence-electron chi connectivity index (χ2n) is 4.58. The van der Waals surface area contributed by atoms with Crippen molar-refractivity contribution in [3.63, 3.8) is 0 Å². The van der Waals surface area contributed by atoms with Gasteiger partial charge in [0.25, 0.3) is 0 Å². The summed E-state index contributed by atoms with van der Waals surface area (Å²) < 4.78 is 2.75. The Hall–Kier alpha value is -2.05. The van der Waals surface area contributed by atoms with E-state index in [9.17, 15) is 4.79 Å². The van der Waals surface area contributed by atoms with Crippen LogP contribution in [0.2, 0.25) is 0 Å². The topological polar surface area (TPSA) is 73.8 Å². The number of carbonyl (C=O) groups is 1. The molecule has 0 aliphatic rings. The summed E-state index contributed by atoms with van der Waals surface area (Å²) in [5.74, 6) is 0.113. The smallest absolute Gasteiger partial charge is 0.158 e. The number of rotatable bonds is 5. The van der Waals surface area contributed by atoms with Crippen LogP contribution in [0, 0.1) is 0 Å². The van der Waals surface area contributed by atoms with Gasteiger partial charge in [-0.05, 0) is 22.4 Å². The van der Waals surface area contributed by atoms with Crippen molar-refractivity contribution in [3.05, 3.63) is 47.1 Å². The predicted octanol–water partition coefficient (Wildman–Crippen LogP) is 1.76. The molecule has 2 heterocycles. The summed E-state index contributed by atoms with van der Waals surface area (Å²) >= 11 is 1.67. The fraction of sp³-hybridized carbons (Fsp3) is 0.214. The number of hydrogen-bond acceptors (Lipinski definition) is 5. The molecule has 5 nitrogen and oxygen atoms in total. The molecule has 0 unspecified atom stereocenters. The lowest BCUT2D eigenvalue weighted by atomic mass is 10.1. The van der Waals surface area contributed by atoms with Crippen LogP contribution in [-0.4, -0.2) is 20.8 Å². The maximum absolute atomic E-state index is 12.1. The van der Waals surface area contributed by atoms with Crippen molar-refractivity contribution < 1.29 is 4.79 Å². The largest absolute Gasteiger partial charge is 0.325 e. The Bertz CT molecular complexity index is 746. The van der Waals surface area contributed by atoms with Crippen LogP contribution in [-0.2, 0) is 24.3 Å². The molecule has 20 heavy (non-hydrogen) atoms. The van der Waals surface area contributed by atoms with E-state index in [0.29, 0.717) is 18.7 Å². The summed E-state index contributed by atoms with van der Waals surface area (Å²) in [5.41, 5.74) is 7.24. The molecule has 0 radical (unpaired) electrons. The molecule has 0 fully saturated rings. The van der Waals surface area contributed by atoms with E-state index in [0.717, 1.165) is 10.9 Å². The fourth-order valence-corrected chi connectivity index (χ4v) is 3.09. The first-order valence-electron chi connectivity index (χ1n) is 6.32. The zero-order valence-corrected chi connectivity index (χ0v) is 11.6. The first kappa shape index (κ1) is 13.0. The van der Waals surface area contributed by atoms with Crippen LogP contribution in [0.3, 0.4) is 0 Å². The van der Waals surface area contributed by atoms with Gasteiger partial charge < -0.3 is 5.73 Å². The van der Waals surface area contributed by atoms with E-state index in [4.69, 9.17) is 5.73 Å². The van der Waals surface area contributed by atoms with Crippen LogP contribution in [0.15, 0.2) is 35.8 Å². The average molecular weight is 286 g/mol. The third kappa shape index (κ3) is 2.61. The number of Topliss-reactive ketones (excluding diaryl/α,β-unsaturated/α-hetero) is 1. The van der Waals surface area contributed by atoms with Gasteiger partial charge in [-0.3, -0.25) is 4.79 Å².